The Kier molecular flexibility index (Phi) is 5.10. The third kappa shape index (κ3) is 4.10. The van der Waals surface area contributed by atoms with E-state index < -0.39 is 10.0 Å². The van der Waals surface area contributed by atoms with Gasteiger partial charge in [-0.25, -0.2) is 17.5 Å². The first-order valence-corrected chi connectivity index (χ1v) is 8.66. The van der Waals surface area contributed by atoms with E-state index in [0.29, 0.717) is 16.2 Å². The van der Waals surface area contributed by atoms with Gasteiger partial charge in [-0.1, -0.05) is 12.1 Å². The molecule has 0 aliphatic heterocycles. The molecule has 1 aromatic heterocycles. The van der Waals surface area contributed by atoms with Crippen molar-refractivity contribution in [3.63, 3.8) is 0 Å². The van der Waals surface area contributed by atoms with Crippen LogP contribution in [0.2, 0.25) is 0 Å². The van der Waals surface area contributed by atoms with Crippen LogP contribution < -0.4 is 4.72 Å². The minimum Gasteiger partial charge on any atom is -0.391 e. The van der Waals surface area contributed by atoms with Crippen molar-refractivity contribution < 1.29 is 17.9 Å². The molecule has 0 atom stereocenters. The quantitative estimate of drug-likeness (QED) is 0.854. The molecule has 2 N–H and O–H groups in total. The summed E-state index contributed by atoms with van der Waals surface area (Å²) in [6.07, 6.45) is 0.482. The van der Waals surface area contributed by atoms with Crippen LogP contribution in [0.1, 0.15) is 15.3 Å². The molecule has 114 valence electrons. The zero-order valence-corrected chi connectivity index (χ0v) is 13.1. The summed E-state index contributed by atoms with van der Waals surface area (Å²) in [5.41, 5.74) is 0.859. The van der Waals surface area contributed by atoms with Crippen molar-refractivity contribution in [2.24, 2.45) is 0 Å². The monoisotopic (exact) mass is 329 g/mol. The molecule has 0 amide bonds. The van der Waals surface area contributed by atoms with Crippen molar-refractivity contribution >= 4 is 21.4 Å². The number of aliphatic hydroxyl groups excluding tert-OH is 1. The molecule has 2 rings (SSSR count). The van der Waals surface area contributed by atoms with E-state index in [4.69, 9.17) is 5.11 Å². The molecular formula is C14H16FNO3S2. The summed E-state index contributed by atoms with van der Waals surface area (Å²) in [4.78, 5) is 1.47. The lowest BCUT2D eigenvalue weighted by Gasteiger charge is -2.06. The van der Waals surface area contributed by atoms with E-state index in [0.717, 1.165) is 5.56 Å². The molecular weight excluding hydrogens is 313 g/mol. The highest BCUT2D eigenvalue weighted by Crippen LogP contribution is 2.25. The van der Waals surface area contributed by atoms with Crippen LogP contribution in [-0.4, -0.2) is 20.1 Å². The van der Waals surface area contributed by atoms with E-state index in [1.807, 2.05) is 0 Å². The van der Waals surface area contributed by atoms with Gasteiger partial charge in [-0.05, 0) is 37.1 Å². The summed E-state index contributed by atoms with van der Waals surface area (Å²) >= 11 is 1.26. The van der Waals surface area contributed by atoms with E-state index in [9.17, 15) is 12.8 Å². The Morgan fingerprint density at radius 1 is 1.29 bits per heavy atom. The Bertz CT molecular complexity index is 708. The average molecular weight is 329 g/mol. The van der Waals surface area contributed by atoms with Crippen molar-refractivity contribution in [3.8, 4) is 0 Å². The summed E-state index contributed by atoms with van der Waals surface area (Å²) in [5, 5.41) is 9.05. The number of rotatable bonds is 6. The largest absolute Gasteiger partial charge is 0.391 e. The molecule has 0 aliphatic rings. The molecule has 0 fully saturated rings. The molecule has 0 unspecified atom stereocenters. The predicted molar refractivity (Wildman–Crippen MR) is 80.3 cm³/mol. The first kappa shape index (κ1) is 16.1. The van der Waals surface area contributed by atoms with E-state index in [-0.39, 0.29) is 23.9 Å². The second-order valence-electron chi connectivity index (χ2n) is 4.57. The van der Waals surface area contributed by atoms with Crippen LogP contribution in [-0.2, 0) is 23.1 Å². The molecule has 2 aromatic rings. The summed E-state index contributed by atoms with van der Waals surface area (Å²) in [6.45, 7) is 1.77. The molecule has 0 saturated carbocycles. The SMILES string of the molecule is Cc1sc(CO)cc1S(=O)(=O)NCCc1ccc(F)cc1. The highest BCUT2D eigenvalue weighted by Gasteiger charge is 2.19. The summed E-state index contributed by atoms with van der Waals surface area (Å²) < 4.78 is 39.7. The molecule has 7 heteroatoms. The predicted octanol–water partition coefficient (Wildman–Crippen LogP) is 2.21. The number of aliphatic hydroxyl groups is 1. The fraction of sp³-hybridized carbons (Fsp3) is 0.286. The van der Waals surface area contributed by atoms with Crippen molar-refractivity contribution in [2.45, 2.75) is 24.8 Å². The Hall–Kier alpha value is -1.28. The fourth-order valence-corrected chi connectivity index (χ4v) is 4.45. The lowest BCUT2D eigenvalue weighted by atomic mass is 10.1. The number of hydrogen-bond donors (Lipinski definition) is 2. The smallest absolute Gasteiger partial charge is 0.241 e. The third-order valence-corrected chi connectivity index (χ3v) is 5.74. The van der Waals surface area contributed by atoms with E-state index in [1.165, 1.54) is 29.5 Å². The maximum Gasteiger partial charge on any atom is 0.241 e. The van der Waals surface area contributed by atoms with Gasteiger partial charge in [-0.3, -0.25) is 0 Å². The number of benzene rings is 1. The lowest BCUT2D eigenvalue weighted by Crippen LogP contribution is -2.26. The van der Waals surface area contributed by atoms with Gasteiger partial charge in [0.25, 0.3) is 0 Å². The molecule has 1 heterocycles. The van der Waals surface area contributed by atoms with Gasteiger partial charge >= 0.3 is 0 Å². The fourth-order valence-electron chi connectivity index (χ4n) is 1.93. The number of sulfonamides is 1. The Morgan fingerprint density at radius 2 is 1.95 bits per heavy atom. The van der Waals surface area contributed by atoms with Crippen LogP contribution >= 0.6 is 11.3 Å². The number of halogens is 1. The molecule has 0 aliphatic carbocycles. The van der Waals surface area contributed by atoms with Crippen LogP contribution in [0.4, 0.5) is 4.39 Å². The number of aryl methyl sites for hydroxylation is 1. The van der Waals surface area contributed by atoms with Crippen LogP contribution in [0.25, 0.3) is 0 Å². The molecule has 4 nitrogen and oxygen atoms in total. The maximum atomic E-state index is 12.8. The molecule has 1 aromatic carbocycles. The number of hydrogen-bond acceptors (Lipinski definition) is 4. The zero-order valence-electron chi connectivity index (χ0n) is 11.5. The van der Waals surface area contributed by atoms with Gasteiger partial charge in [-0.15, -0.1) is 11.3 Å². The van der Waals surface area contributed by atoms with Gasteiger partial charge in [0.05, 0.1) is 11.5 Å². The lowest BCUT2D eigenvalue weighted by molar-refractivity contribution is 0.285. The third-order valence-electron chi connectivity index (χ3n) is 2.99. The standard InChI is InChI=1S/C14H16FNO3S2/c1-10-14(8-13(9-17)20-10)21(18,19)16-7-6-11-2-4-12(15)5-3-11/h2-5,8,16-17H,6-7,9H2,1H3. The topological polar surface area (TPSA) is 66.4 Å². The number of thiophene rings is 1. The van der Waals surface area contributed by atoms with Crippen LogP contribution in [0.15, 0.2) is 35.2 Å². The van der Waals surface area contributed by atoms with Crippen LogP contribution in [0, 0.1) is 12.7 Å². The minimum atomic E-state index is -3.58. The summed E-state index contributed by atoms with van der Waals surface area (Å²) in [7, 11) is -3.58. The van der Waals surface area contributed by atoms with Crippen molar-refractivity contribution in [1.82, 2.24) is 4.72 Å². The van der Waals surface area contributed by atoms with Crippen molar-refractivity contribution in [3.05, 3.63) is 51.5 Å². The van der Waals surface area contributed by atoms with Gasteiger partial charge in [0.15, 0.2) is 0 Å². The van der Waals surface area contributed by atoms with Gasteiger partial charge in [0, 0.05) is 16.3 Å². The molecule has 0 bridgehead atoms. The Balaban J connectivity index is 2.01. The van der Waals surface area contributed by atoms with Crippen molar-refractivity contribution in [2.75, 3.05) is 6.54 Å². The number of nitrogens with one attached hydrogen (secondary N) is 1. The first-order valence-electron chi connectivity index (χ1n) is 6.36. The molecule has 0 spiro atoms. The highest BCUT2D eigenvalue weighted by molar-refractivity contribution is 7.89. The Labute approximate surface area is 127 Å². The van der Waals surface area contributed by atoms with E-state index in [1.54, 1.807) is 19.1 Å². The second kappa shape index (κ2) is 6.65. The van der Waals surface area contributed by atoms with Crippen LogP contribution in [0.3, 0.4) is 0 Å². The van der Waals surface area contributed by atoms with Gasteiger partial charge in [0.2, 0.25) is 10.0 Å². The summed E-state index contributed by atoms with van der Waals surface area (Å²) in [5.74, 6) is -0.315. The maximum absolute atomic E-state index is 12.8. The zero-order chi connectivity index (χ0) is 15.5. The van der Waals surface area contributed by atoms with E-state index >= 15 is 0 Å². The van der Waals surface area contributed by atoms with Gasteiger partial charge < -0.3 is 5.11 Å². The normalized spacial score (nSPS) is 11.8. The average Bonchev–Trinajstić information content (AvgIpc) is 2.83. The van der Waals surface area contributed by atoms with Gasteiger partial charge in [-0.2, -0.15) is 0 Å². The van der Waals surface area contributed by atoms with E-state index in [2.05, 4.69) is 4.72 Å². The molecule has 21 heavy (non-hydrogen) atoms. The molecule has 0 radical (unpaired) electrons. The molecule has 0 saturated heterocycles. The summed E-state index contributed by atoms with van der Waals surface area (Å²) in [6, 6.07) is 7.44. The second-order valence-corrected chi connectivity index (χ2v) is 7.64. The minimum absolute atomic E-state index is 0.170. The Morgan fingerprint density at radius 3 is 2.52 bits per heavy atom. The first-order chi connectivity index (χ1) is 9.92. The van der Waals surface area contributed by atoms with Crippen LogP contribution in [0.5, 0.6) is 0 Å². The van der Waals surface area contributed by atoms with Gasteiger partial charge in [0.1, 0.15) is 5.82 Å². The highest BCUT2D eigenvalue weighted by atomic mass is 32.2. The van der Waals surface area contributed by atoms with Crippen molar-refractivity contribution in [1.29, 1.82) is 0 Å².